The largest absolute Gasteiger partial charge is 0.316 e. The Morgan fingerprint density at radius 3 is 2.60 bits per heavy atom. The van der Waals surface area contributed by atoms with Gasteiger partial charge in [0.25, 0.3) is 0 Å². The lowest BCUT2D eigenvalue weighted by Gasteiger charge is -2.29. The van der Waals surface area contributed by atoms with Crippen molar-refractivity contribution >= 4 is 0 Å². The predicted molar refractivity (Wildman–Crippen MR) is 67.2 cm³/mol. The van der Waals surface area contributed by atoms with Crippen molar-refractivity contribution in [1.82, 2.24) is 10.2 Å². The van der Waals surface area contributed by atoms with Gasteiger partial charge in [-0.2, -0.15) is 0 Å². The fourth-order valence-electron chi connectivity index (χ4n) is 2.30. The summed E-state index contributed by atoms with van der Waals surface area (Å²) in [7, 11) is 0. The molecule has 0 aromatic rings. The van der Waals surface area contributed by atoms with Crippen LogP contribution in [0.2, 0.25) is 0 Å². The van der Waals surface area contributed by atoms with E-state index in [1.807, 2.05) is 0 Å². The summed E-state index contributed by atoms with van der Waals surface area (Å²) in [6, 6.07) is 0. The number of nitrogens with one attached hydrogen (secondary N) is 1. The third-order valence-electron chi connectivity index (χ3n) is 3.22. The lowest BCUT2D eigenvalue weighted by Crippen LogP contribution is -2.36. The van der Waals surface area contributed by atoms with E-state index in [9.17, 15) is 0 Å². The van der Waals surface area contributed by atoms with Gasteiger partial charge in [0.2, 0.25) is 0 Å². The Kier molecular flexibility index (Phi) is 7.03. The Labute approximate surface area is 95.4 Å². The van der Waals surface area contributed by atoms with Crippen molar-refractivity contribution in [2.45, 2.75) is 46.0 Å². The van der Waals surface area contributed by atoms with Crippen LogP contribution in [-0.4, -0.2) is 37.6 Å². The first-order valence-electron chi connectivity index (χ1n) is 6.76. The second-order valence-corrected chi connectivity index (χ2v) is 5.02. The van der Waals surface area contributed by atoms with E-state index in [0.717, 1.165) is 5.92 Å². The van der Waals surface area contributed by atoms with Crippen LogP contribution in [0.25, 0.3) is 0 Å². The molecule has 0 aliphatic carbocycles. The highest BCUT2D eigenvalue weighted by molar-refractivity contribution is 4.68. The van der Waals surface area contributed by atoms with Crippen LogP contribution in [0.1, 0.15) is 46.0 Å². The van der Waals surface area contributed by atoms with Crippen LogP contribution >= 0.6 is 0 Å². The van der Waals surface area contributed by atoms with E-state index in [0.29, 0.717) is 0 Å². The predicted octanol–water partition coefficient (Wildman–Crippen LogP) is 2.50. The van der Waals surface area contributed by atoms with Crippen LogP contribution in [0, 0.1) is 5.92 Å². The molecule has 1 fully saturated rings. The third-order valence-corrected chi connectivity index (χ3v) is 3.22. The van der Waals surface area contributed by atoms with Gasteiger partial charge in [0.05, 0.1) is 0 Å². The zero-order chi connectivity index (χ0) is 10.9. The van der Waals surface area contributed by atoms with E-state index < -0.39 is 0 Å². The molecule has 1 heterocycles. The van der Waals surface area contributed by atoms with Crippen molar-refractivity contribution in [3.05, 3.63) is 0 Å². The van der Waals surface area contributed by atoms with Gasteiger partial charge in [-0.05, 0) is 51.4 Å². The first kappa shape index (κ1) is 13.0. The molecule has 0 aromatic heterocycles. The summed E-state index contributed by atoms with van der Waals surface area (Å²) in [6.07, 6.45) is 6.88. The minimum Gasteiger partial charge on any atom is -0.316 e. The molecule has 0 aromatic carbocycles. The van der Waals surface area contributed by atoms with Gasteiger partial charge < -0.3 is 10.2 Å². The molecule has 1 aliphatic heterocycles. The topological polar surface area (TPSA) is 15.3 Å². The average molecular weight is 212 g/mol. The van der Waals surface area contributed by atoms with Gasteiger partial charge >= 0.3 is 0 Å². The fourth-order valence-corrected chi connectivity index (χ4v) is 2.30. The minimum atomic E-state index is 0.806. The molecular formula is C13H28N2. The monoisotopic (exact) mass is 212 g/mol. The number of piperidine rings is 1. The number of hydrogen-bond donors (Lipinski definition) is 1. The highest BCUT2D eigenvalue weighted by Gasteiger charge is 2.12. The fraction of sp³-hybridized carbons (Fsp3) is 1.00. The zero-order valence-corrected chi connectivity index (χ0v) is 10.6. The molecule has 0 amide bonds. The first-order chi connectivity index (χ1) is 7.33. The van der Waals surface area contributed by atoms with Crippen molar-refractivity contribution in [2.75, 3.05) is 32.7 Å². The van der Waals surface area contributed by atoms with E-state index in [-0.39, 0.29) is 0 Å². The van der Waals surface area contributed by atoms with Crippen LogP contribution in [0.5, 0.6) is 0 Å². The average Bonchev–Trinajstić information content (AvgIpc) is 2.26. The van der Waals surface area contributed by atoms with E-state index in [1.54, 1.807) is 0 Å². The summed E-state index contributed by atoms with van der Waals surface area (Å²) in [4.78, 5) is 2.63. The van der Waals surface area contributed by atoms with Crippen molar-refractivity contribution < 1.29 is 0 Å². The van der Waals surface area contributed by atoms with Crippen LogP contribution in [0.3, 0.4) is 0 Å². The lowest BCUT2D eigenvalue weighted by molar-refractivity contribution is 0.199. The van der Waals surface area contributed by atoms with Gasteiger partial charge in [0.15, 0.2) is 0 Å². The molecule has 0 radical (unpaired) electrons. The molecule has 2 nitrogen and oxygen atoms in total. The summed E-state index contributed by atoms with van der Waals surface area (Å²) in [5, 5.41) is 3.55. The maximum absolute atomic E-state index is 3.55. The standard InChI is InChI=1S/C13H28N2/c1-3-4-8-14-11-13(2)12-15-9-6-5-7-10-15/h13-14H,3-12H2,1-2H3. The Morgan fingerprint density at radius 2 is 1.93 bits per heavy atom. The van der Waals surface area contributed by atoms with Gasteiger partial charge in [0, 0.05) is 6.54 Å². The Morgan fingerprint density at radius 1 is 1.20 bits per heavy atom. The molecule has 1 saturated heterocycles. The Bertz CT molecular complexity index is 141. The summed E-state index contributed by atoms with van der Waals surface area (Å²) in [6.45, 7) is 11.0. The van der Waals surface area contributed by atoms with Gasteiger partial charge in [-0.1, -0.05) is 26.7 Å². The maximum atomic E-state index is 3.55. The van der Waals surface area contributed by atoms with Crippen molar-refractivity contribution in [3.8, 4) is 0 Å². The quantitative estimate of drug-likeness (QED) is 0.652. The van der Waals surface area contributed by atoms with Gasteiger partial charge in [-0.3, -0.25) is 0 Å². The molecule has 2 heteroatoms. The molecule has 1 atom stereocenters. The first-order valence-corrected chi connectivity index (χ1v) is 6.76. The van der Waals surface area contributed by atoms with Crippen LogP contribution in [0.4, 0.5) is 0 Å². The van der Waals surface area contributed by atoms with Crippen LogP contribution < -0.4 is 5.32 Å². The Hall–Kier alpha value is -0.0800. The van der Waals surface area contributed by atoms with Crippen LogP contribution in [-0.2, 0) is 0 Å². The molecule has 1 aliphatic rings. The van der Waals surface area contributed by atoms with E-state index in [1.165, 1.54) is 64.8 Å². The van der Waals surface area contributed by atoms with Gasteiger partial charge in [0.1, 0.15) is 0 Å². The molecule has 90 valence electrons. The van der Waals surface area contributed by atoms with Gasteiger partial charge in [-0.25, -0.2) is 0 Å². The lowest BCUT2D eigenvalue weighted by atomic mass is 10.1. The van der Waals surface area contributed by atoms with E-state index in [4.69, 9.17) is 0 Å². The van der Waals surface area contributed by atoms with Crippen molar-refractivity contribution in [1.29, 1.82) is 0 Å². The number of rotatable bonds is 7. The second-order valence-electron chi connectivity index (χ2n) is 5.02. The molecular weight excluding hydrogens is 184 g/mol. The van der Waals surface area contributed by atoms with E-state index in [2.05, 4.69) is 24.1 Å². The SMILES string of the molecule is CCCCNCC(C)CN1CCCCC1. The smallest absolute Gasteiger partial charge is 0.00191 e. The number of unbranched alkanes of at least 4 members (excludes halogenated alkanes) is 1. The highest BCUT2D eigenvalue weighted by Crippen LogP contribution is 2.10. The number of hydrogen-bond acceptors (Lipinski definition) is 2. The molecule has 1 unspecified atom stereocenters. The van der Waals surface area contributed by atoms with Crippen molar-refractivity contribution in [3.63, 3.8) is 0 Å². The van der Waals surface area contributed by atoms with Gasteiger partial charge in [-0.15, -0.1) is 0 Å². The Balaban J connectivity index is 1.98. The van der Waals surface area contributed by atoms with E-state index >= 15 is 0 Å². The third kappa shape index (κ3) is 6.16. The van der Waals surface area contributed by atoms with Crippen molar-refractivity contribution in [2.24, 2.45) is 5.92 Å². The molecule has 0 saturated carbocycles. The summed E-state index contributed by atoms with van der Waals surface area (Å²) < 4.78 is 0. The highest BCUT2D eigenvalue weighted by atomic mass is 15.1. The molecule has 0 bridgehead atoms. The van der Waals surface area contributed by atoms with Crippen LogP contribution in [0.15, 0.2) is 0 Å². The number of likely N-dealkylation sites (tertiary alicyclic amines) is 1. The maximum Gasteiger partial charge on any atom is 0.00191 e. The number of nitrogens with zero attached hydrogens (tertiary/aromatic N) is 1. The minimum absolute atomic E-state index is 0.806. The normalized spacial score (nSPS) is 20.4. The molecule has 15 heavy (non-hydrogen) atoms. The summed E-state index contributed by atoms with van der Waals surface area (Å²) in [5.41, 5.74) is 0. The molecule has 0 spiro atoms. The summed E-state index contributed by atoms with van der Waals surface area (Å²) >= 11 is 0. The summed E-state index contributed by atoms with van der Waals surface area (Å²) in [5.74, 6) is 0.806. The molecule has 1 N–H and O–H groups in total. The zero-order valence-electron chi connectivity index (χ0n) is 10.6. The second kappa shape index (κ2) is 8.12. The molecule has 1 rings (SSSR count).